The third kappa shape index (κ3) is 4.88. The minimum Gasteiger partial charge on any atom is -0.313 e. The van der Waals surface area contributed by atoms with Crippen molar-refractivity contribution < 1.29 is 0 Å². The molecule has 2 rings (SSSR count). The number of hydrogen-bond donors (Lipinski definition) is 1. The summed E-state index contributed by atoms with van der Waals surface area (Å²) in [5.74, 6) is 0. The lowest BCUT2D eigenvalue weighted by Gasteiger charge is -2.14. The monoisotopic (exact) mass is 232 g/mol. The summed E-state index contributed by atoms with van der Waals surface area (Å²) in [5.41, 5.74) is 1.38. The minimum atomic E-state index is 1.00. The molecular formula is C15H24N2. The van der Waals surface area contributed by atoms with Crippen LogP contribution in [0.25, 0.3) is 0 Å². The van der Waals surface area contributed by atoms with E-state index in [9.17, 15) is 0 Å². The summed E-state index contributed by atoms with van der Waals surface area (Å²) in [5, 5.41) is 3.51. The smallest absolute Gasteiger partial charge is 0.0205 e. The van der Waals surface area contributed by atoms with E-state index in [0.29, 0.717) is 0 Å². The molecule has 2 nitrogen and oxygen atoms in total. The quantitative estimate of drug-likeness (QED) is 0.727. The summed E-state index contributed by atoms with van der Waals surface area (Å²) in [7, 11) is 0. The fourth-order valence-electron chi connectivity index (χ4n) is 2.42. The van der Waals surface area contributed by atoms with Gasteiger partial charge in [0.2, 0.25) is 0 Å². The van der Waals surface area contributed by atoms with Crippen molar-refractivity contribution in [2.75, 3.05) is 26.2 Å². The van der Waals surface area contributed by atoms with Crippen molar-refractivity contribution >= 4 is 0 Å². The predicted octanol–water partition coefficient (Wildman–Crippen LogP) is 2.65. The molecule has 1 fully saturated rings. The molecule has 0 amide bonds. The van der Waals surface area contributed by atoms with Crippen molar-refractivity contribution in [3.8, 4) is 0 Å². The molecule has 1 heterocycles. The summed E-state index contributed by atoms with van der Waals surface area (Å²) >= 11 is 0. The normalized spacial score (nSPS) is 16.5. The van der Waals surface area contributed by atoms with E-state index in [2.05, 4.69) is 40.5 Å². The maximum absolute atomic E-state index is 3.51. The van der Waals surface area contributed by atoms with E-state index in [4.69, 9.17) is 0 Å². The van der Waals surface area contributed by atoms with Gasteiger partial charge in [-0.3, -0.25) is 0 Å². The second kappa shape index (κ2) is 7.46. The molecule has 0 unspecified atom stereocenters. The van der Waals surface area contributed by atoms with Crippen LogP contribution in [0.4, 0.5) is 0 Å². The summed E-state index contributed by atoms with van der Waals surface area (Å²) < 4.78 is 0. The van der Waals surface area contributed by atoms with Crippen LogP contribution in [0.5, 0.6) is 0 Å². The van der Waals surface area contributed by atoms with Gasteiger partial charge < -0.3 is 10.2 Å². The highest BCUT2D eigenvalue weighted by atomic mass is 15.1. The zero-order valence-electron chi connectivity index (χ0n) is 10.7. The Kier molecular flexibility index (Phi) is 5.53. The van der Waals surface area contributed by atoms with Crippen LogP contribution in [0.2, 0.25) is 0 Å². The topological polar surface area (TPSA) is 15.3 Å². The molecule has 1 N–H and O–H groups in total. The first-order valence-corrected chi connectivity index (χ1v) is 6.92. The largest absolute Gasteiger partial charge is 0.313 e. The number of nitrogens with zero attached hydrogens (tertiary/aromatic N) is 1. The van der Waals surface area contributed by atoms with Gasteiger partial charge in [-0.2, -0.15) is 0 Å². The lowest BCUT2D eigenvalue weighted by molar-refractivity contribution is 0.329. The maximum atomic E-state index is 3.51. The fraction of sp³-hybridized carbons (Fsp3) is 0.600. The number of hydrogen-bond acceptors (Lipinski definition) is 2. The summed E-state index contributed by atoms with van der Waals surface area (Å²) in [6, 6.07) is 10.6. The molecule has 0 radical (unpaired) electrons. The molecule has 2 heteroatoms. The van der Waals surface area contributed by atoms with Crippen LogP contribution < -0.4 is 5.32 Å². The first-order chi connectivity index (χ1) is 8.45. The molecule has 1 aromatic carbocycles. The third-order valence-electron chi connectivity index (χ3n) is 3.45. The van der Waals surface area contributed by atoms with E-state index in [0.717, 1.165) is 13.1 Å². The van der Waals surface area contributed by atoms with E-state index >= 15 is 0 Å². The third-order valence-corrected chi connectivity index (χ3v) is 3.45. The van der Waals surface area contributed by atoms with Crippen LogP contribution in [-0.4, -0.2) is 31.1 Å². The Hall–Kier alpha value is -0.860. The molecule has 0 aliphatic carbocycles. The van der Waals surface area contributed by atoms with Crippen molar-refractivity contribution in [2.45, 2.75) is 32.2 Å². The lowest BCUT2D eigenvalue weighted by Crippen LogP contribution is -2.22. The maximum Gasteiger partial charge on any atom is 0.0205 e. The molecule has 94 valence electrons. The van der Waals surface area contributed by atoms with Gasteiger partial charge in [0.1, 0.15) is 0 Å². The van der Waals surface area contributed by atoms with E-state index in [1.165, 1.54) is 50.9 Å². The van der Waals surface area contributed by atoms with Gasteiger partial charge in [0.15, 0.2) is 0 Å². The Morgan fingerprint density at radius 3 is 2.53 bits per heavy atom. The van der Waals surface area contributed by atoms with Crippen molar-refractivity contribution in [1.29, 1.82) is 0 Å². The summed E-state index contributed by atoms with van der Waals surface area (Å²) in [6.45, 7) is 6.11. The van der Waals surface area contributed by atoms with E-state index in [-0.39, 0.29) is 0 Å². The van der Waals surface area contributed by atoms with Gasteiger partial charge in [-0.15, -0.1) is 0 Å². The van der Waals surface area contributed by atoms with E-state index in [1.54, 1.807) is 0 Å². The summed E-state index contributed by atoms with van der Waals surface area (Å²) in [4.78, 5) is 2.59. The van der Waals surface area contributed by atoms with Gasteiger partial charge in [-0.05, 0) is 57.4 Å². The minimum absolute atomic E-state index is 1.00. The molecule has 0 atom stereocenters. The first kappa shape index (κ1) is 12.6. The molecule has 0 saturated carbocycles. The molecule has 17 heavy (non-hydrogen) atoms. The molecule has 0 aromatic heterocycles. The zero-order valence-corrected chi connectivity index (χ0v) is 10.7. The Balaban J connectivity index is 1.46. The standard InChI is InChI=1S/C15H24N2/c1-2-8-15(9-3-1)14-16-10-4-5-11-17-12-6-7-13-17/h1-3,8-9,16H,4-7,10-14H2. The van der Waals surface area contributed by atoms with Gasteiger partial charge in [-0.25, -0.2) is 0 Å². The fourth-order valence-corrected chi connectivity index (χ4v) is 2.42. The number of likely N-dealkylation sites (tertiary alicyclic amines) is 1. The van der Waals surface area contributed by atoms with Crippen LogP contribution in [0.1, 0.15) is 31.2 Å². The van der Waals surface area contributed by atoms with Crippen LogP contribution in [0.15, 0.2) is 30.3 Å². The average Bonchev–Trinajstić information content (AvgIpc) is 2.88. The van der Waals surface area contributed by atoms with E-state index < -0.39 is 0 Å². The van der Waals surface area contributed by atoms with E-state index in [1.807, 2.05) is 0 Å². The van der Waals surface area contributed by atoms with Crippen LogP contribution in [-0.2, 0) is 6.54 Å². The van der Waals surface area contributed by atoms with Crippen molar-refractivity contribution in [2.24, 2.45) is 0 Å². The first-order valence-electron chi connectivity index (χ1n) is 6.92. The molecule has 0 bridgehead atoms. The number of unbranched alkanes of at least 4 members (excludes halogenated alkanes) is 1. The molecule has 1 aliphatic rings. The van der Waals surface area contributed by atoms with Crippen molar-refractivity contribution in [3.05, 3.63) is 35.9 Å². The summed E-state index contributed by atoms with van der Waals surface area (Å²) in [6.07, 6.45) is 5.45. The predicted molar refractivity (Wildman–Crippen MR) is 73.1 cm³/mol. The number of nitrogens with one attached hydrogen (secondary N) is 1. The Labute approximate surface area is 105 Å². The Bertz CT molecular complexity index is 291. The van der Waals surface area contributed by atoms with Gasteiger partial charge in [0, 0.05) is 6.54 Å². The van der Waals surface area contributed by atoms with Crippen molar-refractivity contribution in [3.63, 3.8) is 0 Å². The highest BCUT2D eigenvalue weighted by Gasteiger charge is 2.09. The highest BCUT2D eigenvalue weighted by molar-refractivity contribution is 5.14. The Morgan fingerprint density at radius 1 is 1.00 bits per heavy atom. The SMILES string of the molecule is c1ccc(CNCCCCN2CCCC2)cc1. The van der Waals surface area contributed by atoms with Gasteiger partial charge in [0.25, 0.3) is 0 Å². The highest BCUT2D eigenvalue weighted by Crippen LogP contribution is 2.07. The lowest BCUT2D eigenvalue weighted by atomic mass is 10.2. The van der Waals surface area contributed by atoms with Gasteiger partial charge in [0.05, 0.1) is 0 Å². The van der Waals surface area contributed by atoms with Gasteiger partial charge in [-0.1, -0.05) is 30.3 Å². The second-order valence-corrected chi connectivity index (χ2v) is 4.92. The molecular weight excluding hydrogens is 208 g/mol. The van der Waals surface area contributed by atoms with Crippen LogP contribution in [0, 0.1) is 0 Å². The van der Waals surface area contributed by atoms with Crippen LogP contribution in [0.3, 0.4) is 0 Å². The average molecular weight is 232 g/mol. The van der Waals surface area contributed by atoms with Crippen molar-refractivity contribution in [1.82, 2.24) is 10.2 Å². The zero-order chi connectivity index (χ0) is 11.8. The molecule has 0 spiro atoms. The number of benzene rings is 1. The Morgan fingerprint density at radius 2 is 1.76 bits per heavy atom. The van der Waals surface area contributed by atoms with Crippen LogP contribution >= 0.6 is 0 Å². The molecule has 1 saturated heterocycles. The molecule has 1 aliphatic heterocycles. The number of rotatable bonds is 7. The van der Waals surface area contributed by atoms with Gasteiger partial charge >= 0.3 is 0 Å². The second-order valence-electron chi connectivity index (χ2n) is 4.92. The molecule has 1 aromatic rings.